The molecule has 4 nitrogen and oxygen atoms in total. The van der Waals surface area contributed by atoms with Crippen molar-refractivity contribution in [3.63, 3.8) is 0 Å². The predicted octanol–water partition coefficient (Wildman–Crippen LogP) is 2.65. The van der Waals surface area contributed by atoms with E-state index in [0.717, 1.165) is 37.2 Å². The maximum atomic E-state index is 10.9. The van der Waals surface area contributed by atoms with E-state index in [0.29, 0.717) is 0 Å². The van der Waals surface area contributed by atoms with Crippen LogP contribution in [0.15, 0.2) is 18.2 Å². The minimum absolute atomic E-state index is 0.134. The molecule has 0 radical (unpaired) electrons. The van der Waals surface area contributed by atoms with E-state index < -0.39 is 5.97 Å². The lowest BCUT2D eigenvalue weighted by Crippen LogP contribution is -2.35. The number of hydrogen-bond acceptors (Lipinski definition) is 3. The summed E-state index contributed by atoms with van der Waals surface area (Å²) in [6.45, 7) is 7.51. The molecule has 1 aromatic rings. The fraction of sp³-hybridized carbons (Fsp3) is 0.600. The number of carboxylic acid groups (broad SMARTS) is 1. The summed E-state index contributed by atoms with van der Waals surface area (Å²) in [6, 6.07) is 5.21. The Morgan fingerprint density at radius 1 is 1.42 bits per heavy atom. The largest absolute Gasteiger partial charge is 0.477 e. The molecule has 0 bridgehead atoms. The number of hydrogen-bond donors (Lipinski definition) is 1. The third kappa shape index (κ3) is 3.77. The summed E-state index contributed by atoms with van der Waals surface area (Å²) in [5.74, 6) is 0.630. The van der Waals surface area contributed by atoms with Gasteiger partial charge in [0.05, 0.1) is 5.69 Å². The Bertz CT molecular complexity index is 438. The van der Waals surface area contributed by atoms with Crippen molar-refractivity contribution in [2.75, 3.05) is 13.1 Å². The van der Waals surface area contributed by atoms with Crippen LogP contribution >= 0.6 is 0 Å². The van der Waals surface area contributed by atoms with Crippen molar-refractivity contribution in [3.05, 3.63) is 29.6 Å². The lowest BCUT2D eigenvalue weighted by molar-refractivity contribution is 0.0689. The Morgan fingerprint density at radius 2 is 2.11 bits per heavy atom. The zero-order valence-corrected chi connectivity index (χ0v) is 11.7. The van der Waals surface area contributed by atoms with Crippen LogP contribution in [-0.2, 0) is 6.54 Å². The molecular weight excluding hydrogens is 240 g/mol. The van der Waals surface area contributed by atoms with E-state index in [2.05, 4.69) is 23.7 Å². The topological polar surface area (TPSA) is 53.4 Å². The summed E-state index contributed by atoms with van der Waals surface area (Å²) in [5, 5.41) is 8.93. The number of pyridine rings is 1. The van der Waals surface area contributed by atoms with Crippen molar-refractivity contribution >= 4 is 5.97 Å². The molecule has 0 spiro atoms. The highest BCUT2D eigenvalue weighted by atomic mass is 16.4. The van der Waals surface area contributed by atoms with Gasteiger partial charge in [-0.25, -0.2) is 9.78 Å². The van der Waals surface area contributed by atoms with Crippen LogP contribution < -0.4 is 0 Å². The number of carbonyl (C=O) groups is 1. The highest BCUT2D eigenvalue weighted by Crippen LogP contribution is 2.25. The molecule has 2 rings (SSSR count). The summed E-state index contributed by atoms with van der Waals surface area (Å²) in [6.07, 6.45) is 2.46. The number of piperidine rings is 1. The molecule has 19 heavy (non-hydrogen) atoms. The van der Waals surface area contributed by atoms with Gasteiger partial charge in [-0.2, -0.15) is 0 Å². The Labute approximate surface area is 114 Å². The molecule has 0 atom stereocenters. The van der Waals surface area contributed by atoms with Crippen LogP contribution in [-0.4, -0.2) is 34.0 Å². The maximum absolute atomic E-state index is 10.9. The fourth-order valence-electron chi connectivity index (χ4n) is 2.69. The normalized spacial score (nSPS) is 17.8. The zero-order valence-electron chi connectivity index (χ0n) is 11.7. The maximum Gasteiger partial charge on any atom is 0.354 e. The van der Waals surface area contributed by atoms with Crippen LogP contribution in [0.4, 0.5) is 0 Å². The summed E-state index contributed by atoms with van der Waals surface area (Å²) < 4.78 is 0. The molecule has 0 unspecified atom stereocenters. The number of likely N-dealkylation sites (tertiary alicyclic amines) is 1. The lowest BCUT2D eigenvalue weighted by Gasteiger charge is -2.33. The van der Waals surface area contributed by atoms with Gasteiger partial charge in [0.2, 0.25) is 0 Å². The van der Waals surface area contributed by atoms with Gasteiger partial charge in [-0.3, -0.25) is 4.90 Å². The number of nitrogens with zero attached hydrogens (tertiary/aromatic N) is 2. The Kier molecular flexibility index (Phi) is 4.53. The number of carboxylic acids is 1. The fourth-order valence-corrected chi connectivity index (χ4v) is 2.69. The van der Waals surface area contributed by atoms with Gasteiger partial charge in [-0.1, -0.05) is 19.9 Å². The van der Waals surface area contributed by atoms with Crippen LogP contribution in [0.3, 0.4) is 0 Å². The second-order valence-corrected chi connectivity index (χ2v) is 5.68. The minimum atomic E-state index is -0.958. The quantitative estimate of drug-likeness (QED) is 0.906. The van der Waals surface area contributed by atoms with Crippen LogP contribution in [0.1, 0.15) is 42.9 Å². The average molecular weight is 262 g/mol. The van der Waals surface area contributed by atoms with Gasteiger partial charge in [-0.15, -0.1) is 0 Å². The minimum Gasteiger partial charge on any atom is -0.477 e. The summed E-state index contributed by atoms with van der Waals surface area (Å²) in [4.78, 5) is 17.4. The van der Waals surface area contributed by atoms with Crippen LogP contribution in [0.2, 0.25) is 0 Å². The standard InChI is InChI=1S/C15H22N2O2/c1-11(2)12-6-8-17(9-7-12)10-13-4-3-5-14(16-13)15(18)19/h3-5,11-12H,6-10H2,1-2H3,(H,18,19). The first-order valence-corrected chi connectivity index (χ1v) is 6.98. The van der Waals surface area contributed by atoms with Gasteiger partial charge < -0.3 is 5.11 Å². The van der Waals surface area contributed by atoms with Crippen molar-refractivity contribution in [1.82, 2.24) is 9.88 Å². The molecule has 0 saturated carbocycles. The third-order valence-corrected chi connectivity index (χ3v) is 3.99. The van der Waals surface area contributed by atoms with Crippen LogP contribution in [0.5, 0.6) is 0 Å². The van der Waals surface area contributed by atoms with Gasteiger partial charge in [-0.05, 0) is 49.9 Å². The van der Waals surface area contributed by atoms with Crippen molar-refractivity contribution < 1.29 is 9.90 Å². The van der Waals surface area contributed by atoms with E-state index in [-0.39, 0.29) is 5.69 Å². The van der Waals surface area contributed by atoms with Gasteiger partial charge >= 0.3 is 5.97 Å². The van der Waals surface area contributed by atoms with E-state index in [1.54, 1.807) is 6.07 Å². The molecule has 0 amide bonds. The van der Waals surface area contributed by atoms with E-state index in [1.165, 1.54) is 18.9 Å². The molecule has 1 N–H and O–H groups in total. The molecule has 0 aromatic carbocycles. The van der Waals surface area contributed by atoms with Crippen LogP contribution in [0, 0.1) is 11.8 Å². The molecule has 1 aliphatic heterocycles. The highest BCUT2D eigenvalue weighted by molar-refractivity contribution is 5.85. The molecule has 1 saturated heterocycles. The number of rotatable bonds is 4. The molecule has 2 heterocycles. The van der Waals surface area contributed by atoms with E-state index in [4.69, 9.17) is 5.11 Å². The molecular formula is C15H22N2O2. The highest BCUT2D eigenvalue weighted by Gasteiger charge is 2.21. The predicted molar refractivity (Wildman–Crippen MR) is 74.0 cm³/mol. The summed E-state index contributed by atoms with van der Waals surface area (Å²) in [5.41, 5.74) is 0.984. The van der Waals surface area contributed by atoms with E-state index in [9.17, 15) is 4.79 Å². The van der Waals surface area contributed by atoms with Crippen molar-refractivity contribution in [1.29, 1.82) is 0 Å². The van der Waals surface area contributed by atoms with Crippen LogP contribution in [0.25, 0.3) is 0 Å². The lowest BCUT2D eigenvalue weighted by atomic mass is 9.87. The number of aromatic nitrogens is 1. The van der Waals surface area contributed by atoms with Gasteiger partial charge in [0.15, 0.2) is 0 Å². The second kappa shape index (κ2) is 6.15. The first kappa shape index (κ1) is 14.0. The summed E-state index contributed by atoms with van der Waals surface area (Å²) in [7, 11) is 0. The molecule has 1 aromatic heterocycles. The molecule has 0 aliphatic carbocycles. The third-order valence-electron chi connectivity index (χ3n) is 3.99. The molecule has 1 aliphatic rings. The monoisotopic (exact) mass is 262 g/mol. The molecule has 4 heteroatoms. The van der Waals surface area contributed by atoms with Crippen molar-refractivity contribution in [2.24, 2.45) is 11.8 Å². The molecule has 104 valence electrons. The average Bonchev–Trinajstić information content (AvgIpc) is 2.39. The Hall–Kier alpha value is -1.42. The van der Waals surface area contributed by atoms with Gasteiger partial charge in [0.25, 0.3) is 0 Å². The number of aromatic carboxylic acids is 1. The van der Waals surface area contributed by atoms with Gasteiger partial charge in [0, 0.05) is 6.54 Å². The first-order chi connectivity index (χ1) is 9.06. The molecule has 1 fully saturated rings. The van der Waals surface area contributed by atoms with Crippen molar-refractivity contribution in [2.45, 2.75) is 33.2 Å². The summed E-state index contributed by atoms with van der Waals surface area (Å²) >= 11 is 0. The Balaban J connectivity index is 1.92. The second-order valence-electron chi connectivity index (χ2n) is 5.68. The SMILES string of the molecule is CC(C)C1CCN(Cc2cccc(C(=O)O)n2)CC1. The van der Waals surface area contributed by atoms with E-state index in [1.807, 2.05) is 6.07 Å². The van der Waals surface area contributed by atoms with Gasteiger partial charge in [0.1, 0.15) is 5.69 Å². The first-order valence-electron chi connectivity index (χ1n) is 6.98. The van der Waals surface area contributed by atoms with Crippen molar-refractivity contribution in [3.8, 4) is 0 Å². The zero-order chi connectivity index (χ0) is 13.8. The Morgan fingerprint density at radius 3 is 2.68 bits per heavy atom. The smallest absolute Gasteiger partial charge is 0.354 e. The van der Waals surface area contributed by atoms with E-state index >= 15 is 0 Å².